The van der Waals surface area contributed by atoms with Crippen molar-refractivity contribution in [1.82, 2.24) is 15.1 Å². The van der Waals surface area contributed by atoms with Gasteiger partial charge in [0.25, 0.3) is 0 Å². The third-order valence-electron chi connectivity index (χ3n) is 5.09. The van der Waals surface area contributed by atoms with Crippen molar-refractivity contribution in [2.45, 2.75) is 64.5 Å². The van der Waals surface area contributed by atoms with Crippen LogP contribution in [0.15, 0.2) is 0 Å². The SMILES string of the molecule is CCCCN1CCN(CC(=O)N[C@@H]2CCCC[C@H]2OCC)CC1. The van der Waals surface area contributed by atoms with Gasteiger partial charge in [-0.05, 0) is 32.7 Å². The highest BCUT2D eigenvalue weighted by atomic mass is 16.5. The average molecular weight is 325 g/mol. The molecule has 0 aromatic carbocycles. The molecule has 2 atom stereocenters. The van der Waals surface area contributed by atoms with Crippen molar-refractivity contribution >= 4 is 5.91 Å². The lowest BCUT2D eigenvalue weighted by molar-refractivity contribution is -0.125. The van der Waals surface area contributed by atoms with Crippen LogP contribution in [-0.2, 0) is 9.53 Å². The maximum Gasteiger partial charge on any atom is 0.234 e. The number of hydrogen-bond acceptors (Lipinski definition) is 4. The normalized spacial score (nSPS) is 27.0. The molecule has 1 aliphatic heterocycles. The van der Waals surface area contributed by atoms with Crippen LogP contribution in [0.4, 0.5) is 0 Å². The summed E-state index contributed by atoms with van der Waals surface area (Å²) in [6, 6.07) is 0.210. The number of hydrogen-bond donors (Lipinski definition) is 1. The molecule has 5 heteroatoms. The maximum atomic E-state index is 12.4. The monoisotopic (exact) mass is 325 g/mol. The molecule has 1 N–H and O–H groups in total. The van der Waals surface area contributed by atoms with Crippen LogP contribution in [0.2, 0.25) is 0 Å². The summed E-state index contributed by atoms with van der Waals surface area (Å²) in [7, 11) is 0. The minimum atomic E-state index is 0.170. The van der Waals surface area contributed by atoms with E-state index in [1.807, 2.05) is 6.92 Å². The summed E-state index contributed by atoms with van der Waals surface area (Å²) in [5.41, 5.74) is 0. The molecule has 1 aliphatic carbocycles. The Kier molecular flexibility index (Phi) is 8.34. The number of ether oxygens (including phenoxy) is 1. The molecule has 2 aliphatic rings. The number of rotatable bonds is 8. The number of nitrogens with zero attached hydrogens (tertiary/aromatic N) is 2. The van der Waals surface area contributed by atoms with Gasteiger partial charge < -0.3 is 15.0 Å². The molecule has 1 heterocycles. The minimum absolute atomic E-state index is 0.170. The van der Waals surface area contributed by atoms with Gasteiger partial charge >= 0.3 is 0 Å². The van der Waals surface area contributed by atoms with Gasteiger partial charge in [-0.25, -0.2) is 0 Å². The third-order valence-corrected chi connectivity index (χ3v) is 5.09. The topological polar surface area (TPSA) is 44.8 Å². The van der Waals surface area contributed by atoms with E-state index < -0.39 is 0 Å². The van der Waals surface area contributed by atoms with Crippen LogP contribution in [0.3, 0.4) is 0 Å². The lowest BCUT2D eigenvalue weighted by atomic mass is 9.92. The van der Waals surface area contributed by atoms with E-state index in [0.29, 0.717) is 6.54 Å². The Hall–Kier alpha value is -0.650. The van der Waals surface area contributed by atoms with Crippen LogP contribution >= 0.6 is 0 Å². The molecule has 1 amide bonds. The van der Waals surface area contributed by atoms with Gasteiger partial charge in [-0.1, -0.05) is 26.2 Å². The molecule has 1 saturated heterocycles. The fourth-order valence-electron chi connectivity index (χ4n) is 3.68. The van der Waals surface area contributed by atoms with E-state index in [0.717, 1.165) is 45.6 Å². The van der Waals surface area contributed by atoms with Gasteiger partial charge in [0.15, 0.2) is 0 Å². The minimum Gasteiger partial charge on any atom is -0.376 e. The highest BCUT2D eigenvalue weighted by Crippen LogP contribution is 2.21. The maximum absolute atomic E-state index is 12.4. The average Bonchev–Trinajstić information content (AvgIpc) is 2.56. The number of amides is 1. The van der Waals surface area contributed by atoms with E-state index in [2.05, 4.69) is 22.0 Å². The van der Waals surface area contributed by atoms with Crippen molar-refractivity contribution in [3.05, 3.63) is 0 Å². The first-order valence-electron chi connectivity index (χ1n) is 9.58. The second-order valence-electron chi connectivity index (χ2n) is 6.92. The smallest absolute Gasteiger partial charge is 0.234 e. The van der Waals surface area contributed by atoms with Crippen molar-refractivity contribution in [2.75, 3.05) is 45.9 Å². The van der Waals surface area contributed by atoms with Gasteiger partial charge in [-0.2, -0.15) is 0 Å². The highest BCUT2D eigenvalue weighted by Gasteiger charge is 2.27. The fraction of sp³-hybridized carbons (Fsp3) is 0.944. The molecular formula is C18H35N3O2. The summed E-state index contributed by atoms with van der Waals surface area (Å²) in [6.45, 7) is 11.0. The molecule has 2 rings (SSSR count). The van der Waals surface area contributed by atoms with Crippen LogP contribution in [0.5, 0.6) is 0 Å². The number of carbonyl (C=O) groups excluding carboxylic acids is 1. The lowest BCUT2D eigenvalue weighted by Crippen LogP contribution is -2.52. The van der Waals surface area contributed by atoms with Crippen LogP contribution in [0.25, 0.3) is 0 Å². The second kappa shape index (κ2) is 10.3. The Morgan fingerprint density at radius 2 is 1.78 bits per heavy atom. The predicted octanol–water partition coefficient (Wildman–Crippen LogP) is 1.87. The van der Waals surface area contributed by atoms with Gasteiger partial charge in [0.1, 0.15) is 0 Å². The summed E-state index contributed by atoms with van der Waals surface area (Å²) in [5, 5.41) is 3.23. The van der Waals surface area contributed by atoms with Gasteiger partial charge in [-0.3, -0.25) is 9.69 Å². The molecule has 2 fully saturated rings. The van der Waals surface area contributed by atoms with Crippen molar-refractivity contribution in [1.29, 1.82) is 0 Å². The molecule has 0 bridgehead atoms. The van der Waals surface area contributed by atoms with E-state index in [9.17, 15) is 4.79 Å². The zero-order chi connectivity index (χ0) is 16.5. The van der Waals surface area contributed by atoms with E-state index >= 15 is 0 Å². The van der Waals surface area contributed by atoms with Crippen molar-refractivity contribution in [3.8, 4) is 0 Å². The summed E-state index contributed by atoms with van der Waals surface area (Å²) >= 11 is 0. The summed E-state index contributed by atoms with van der Waals surface area (Å²) in [4.78, 5) is 17.2. The molecule has 1 saturated carbocycles. The molecule has 134 valence electrons. The number of unbranched alkanes of at least 4 members (excludes halogenated alkanes) is 1. The van der Waals surface area contributed by atoms with Crippen molar-refractivity contribution in [3.63, 3.8) is 0 Å². The van der Waals surface area contributed by atoms with Gasteiger partial charge in [0.05, 0.1) is 18.7 Å². The Morgan fingerprint density at radius 1 is 1.09 bits per heavy atom. The van der Waals surface area contributed by atoms with E-state index in [-0.39, 0.29) is 18.1 Å². The molecule has 0 aromatic heterocycles. The zero-order valence-electron chi connectivity index (χ0n) is 15.1. The van der Waals surface area contributed by atoms with Crippen LogP contribution in [0, 0.1) is 0 Å². The molecule has 0 unspecified atom stereocenters. The molecule has 0 radical (unpaired) electrons. The van der Waals surface area contributed by atoms with Gasteiger partial charge in [0, 0.05) is 32.8 Å². The van der Waals surface area contributed by atoms with Crippen LogP contribution in [-0.4, -0.2) is 73.7 Å². The Morgan fingerprint density at radius 3 is 2.48 bits per heavy atom. The van der Waals surface area contributed by atoms with Crippen LogP contribution < -0.4 is 5.32 Å². The Balaban J connectivity index is 1.68. The summed E-state index contributed by atoms with van der Waals surface area (Å²) in [6.07, 6.45) is 7.30. The molecule has 23 heavy (non-hydrogen) atoms. The lowest BCUT2D eigenvalue weighted by Gasteiger charge is -2.35. The largest absolute Gasteiger partial charge is 0.376 e. The molecular weight excluding hydrogens is 290 g/mol. The Bertz CT molecular complexity index is 341. The molecule has 5 nitrogen and oxygen atoms in total. The fourth-order valence-corrected chi connectivity index (χ4v) is 3.68. The first-order chi connectivity index (χ1) is 11.2. The number of nitrogens with one attached hydrogen (secondary N) is 1. The standard InChI is InChI=1S/C18H35N3O2/c1-3-5-10-20-11-13-21(14-12-20)15-18(22)19-16-8-6-7-9-17(16)23-4-2/h16-17H,3-15H2,1-2H3,(H,19,22)/t16-,17-/m1/s1. The van der Waals surface area contributed by atoms with Gasteiger partial charge in [-0.15, -0.1) is 0 Å². The number of piperazine rings is 1. The highest BCUT2D eigenvalue weighted by molar-refractivity contribution is 5.78. The molecule has 0 spiro atoms. The number of carbonyl (C=O) groups is 1. The first kappa shape index (κ1) is 18.7. The predicted molar refractivity (Wildman–Crippen MR) is 93.6 cm³/mol. The third kappa shape index (κ3) is 6.40. The van der Waals surface area contributed by atoms with Crippen molar-refractivity contribution in [2.24, 2.45) is 0 Å². The Labute approximate surface area is 141 Å². The van der Waals surface area contributed by atoms with Crippen LogP contribution in [0.1, 0.15) is 52.4 Å². The van der Waals surface area contributed by atoms with Gasteiger partial charge in [0.2, 0.25) is 5.91 Å². The zero-order valence-corrected chi connectivity index (χ0v) is 15.1. The summed E-state index contributed by atoms with van der Waals surface area (Å²) in [5.74, 6) is 0.170. The first-order valence-corrected chi connectivity index (χ1v) is 9.58. The second-order valence-corrected chi connectivity index (χ2v) is 6.92. The molecule has 0 aromatic rings. The quantitative estimate of drug-likeness (QED) is 0.740. The summed E-state index contributed by atoms with van der Waals surface area (Å²) < 4.78 is 5.80. The van der Waals surface area contributed by atoms with E-state index in [1.54, 1.807) is 0 Å². The van der Waals surface area contributed by atoms with E-state index in [4.69, 9.17) is 4.74 Å². The van der Waals surface area contributed by atoms with E-state index in [1.165, 1.54) is 32.2 Å². The van der Waals surface area contributed by atoms with Crippen molar-refractivity contribution < 1.29 is 9.53 Å².